The van der Waals surface area contributed by atoms with Crippen LogP contribution in [0.2, 0.25) is 0 Å². The average Bonchev–Trinajstić information content (AvgIpc) is 3.51. The molecule has 1 saturated carbocycles. The van der Waals surface area contributed by atoms with Gasteiger partial charge in [-0.05, 0) is 98.8 Å². The Hall–Kier alpha value is -2.40. The van der Waals surface area contributed by atoms with E-state index >= 15 is 0 Å². The second-order valence-corrected chi connectivity index (χ2v) is 9.83. The van der Waals surface area contributed by atoms with E-state index in [4.69, 9.17) is 4.74 Å². The van der Waals surface area contributed by atoms with Crippen LogP contribution in [-0.4, -0.2) is 36.5 Å². The highest BCUT2D eigenvalue weighted by Crippen LogP contribution is 2.45. The fraction of sp³-hybridized carbons (Fsp3) is 0.519. The van der Waals surface area contributed by atoms with Crippen molar-refractivity contribution in [2.75, 3.05) is 19.7 Å². The number of nitrogens with zero attached hydrogens (tertiary/aromatic N) is 1. The van der Waals surface area contributed by atoms with Gasteiger partial charge in [0.05, 0.1) is 12.1 Å². The number of carbonyl (C=O) groups is 1. The molecule has 170 valence electrons. The van der Waals surface area contributed by atoms with E-state index in [1.165, 1.54) is 44.4 Å². The van der Waals surface area contributed by atoms with E-state index < -0.39 is 5.54 Å². The van der Waals surface area contributed by atoms with E-state index in [2.05, 4.69) is 22.3 Å². The summed E-state index contributed by atoms with van der Waals surface area (Å²) < 4.78 is 19.8. The fourth-order valence-electron chi connectivity index (χ4n) is 5.81. The summed E-state index contributed by atoms with van der Waals surface area (Å²) in [6, 6.07) is 15.4. The maximum Gasteiger partial charge on any atom is 0.217 e. The number of ether oxygens (including phenoxy) is 1. The zero-order valence-electron chi connectivity index (χ0n) is 18.9. The van der Waals surface area contributed by atoms with Crippen molar-refractivity contribution >= 4 is 5.91 Å². The zero-order chi connectivity index (χ0) is 22.1. The van der Waals surface area contributed by atoms with Crippen molar-refractivity contribution in [3.8, 4) is 5.75 Å². The number of hydrogen-bond donors (Lipinski definition) is 1. The third-order valence-electron chi connectivity index (χ3n) is 7.60. The smallest absolute Gasteiger partial charge is 0.217 e. The minimum atomic E-state index is -0.691. The molecule has 5 rings (SSSR count). The van der Waals surface area contributed by atoms with Gasteiger partial charge < -0.3 is 15.0 Å². The van der Waals surface area contributed by atoms with Gasteiger partial charge in [-0.3, -0.25) is 4.79 Å². The van der Waals surface area contributed by atoms with Crippen molar-refractivity contribution in [3.05, 3.63) is 65.5 Å². The maximum atomic E-state index is 13.9. The molecule has 2 aromatic rings. The largest absolute Gasteiger partial charge is 0.493 e. The van der Waals surface area contributed by atoms with Crippen LogP contribution in [0.5, 0.6) is 5.75 Å². The summed E-state index contributed by atoms with van der Waals surface area (Å²) in [6.07, 6.45) is 6.99. The second kappa shape index (κ2) is 8.86. The van der Waals surface area contributed by atoms with Crippen LogP contribution < -0.4 is 10.1 Å². The number of hydrogen-bond acceptors (Lipinski definition) is 3. The lowest BCUT2D eigenvalue weighted by Crippen LogP contribution is -2.55. The summed E-state index contributed by atoms with van der Waals surface area (Å²) in [5, 5.41) is 3.35. The molecular formula is C27H33FN2O2. The summed E-state index contributed by atoms with van der Waals surface area (Å²) in [6.45, 7) is 4.57. The van der Waals surface area contributed by atoms with Gasteiger partial charge in [0.2, 0.25) is 5.91 Å². The van der Waals surface area contributed by atoms with Crippen molar-refractivity contribution in [3.63, 3.8) is 0 Å². The first kappa shape index (κ1) is 21.4. The molecule has 1 aliphatic carbocycles. The highest BCUT2D eigenvalue weighted by atomic mass is 19.1. The van der Waals surface area contributed by atoms with Gasteiger partial charge in [0.15, 0.2) is 0 Å². The number of nitrogens with one attached hydrogen (secondary N) is 1. The lowest BCUT2D eigenvalue weighted by atomic mass is 9.68. The first-order valence-electron chi connectivity index (χ1n) is 12.1. The molecule has 2 heterocycles. The molecule has 2 aromatic carbocycles. The Balaban J connectivity index is 1.54. The first-order chi connectivity index (χ1) is 15.5. The molecule has 2 saturated heterocycles. The normalized spacial score (nSPS) is 25.1. The standard InChI is InChI=1S/C27H33FN2O2/c1-19(31)29-27(21-6-10-24(28)11-7-21,23-14-16-30-15-2-3-25(30)17-23)22-8-12-26(13-9-22)32-18-20-4-5-20/h6-13,20,23,25H,2-5,14-18H2,1H3,(H,29,31). The summed E-state index contributed by atoms with van der Waals surface area (Å²) in [4.78, 5) is 15.2. The maximum absolute atomic E-state index is 13.9. The lowest BCUT2D eigenvalue weighted by Gasteiger charge is -2.47. The van der Waals surface area contributed by atoms with Gasteiger partial charge in [-0.15, -0.1) is 0 Å². The number of amides is 1. The predicted molar refractivity (Wildman–Crippen MR) is 123 cm³/mol. The van der Waals surface area contributed by atoms with E-state index in [9.17, 15) is 9.18 Å². The summed E-state index contributed by atoms with van der Waals surface area (Å²) >= 11 is 0. The number of benzene rings is 2. The van der Waals surface area contributed by atoms with Gasteiger partial charge in [0.1, 0.15) is 11.6 Å². The quantitative estimate of drug-likeness (QED) is 0.673. The molecule has 2 aliphatic heterocycles. The molecule has 32 heavy (non-hydrogen) atoms. The van der Waals surface area contributed by atoms with Gasteiger partial charge in [-0.25, -0.2) is 4.39 Å². The summed E-state index contributed by atoms with van der Waals surface area (Å²) in [5.74, 6) is 1.46. The molecule has 3 aliphatic rings. The SMILES string of the molecule is CC(=O)NC(c1ccc(F)cc1)(c1ccc(OCC2CC2)cc1)C1CCN2CCCC2C1. The Morgan fingerprint density at radius 3 is 2.38 bits per heavy atom. The van der Waals surface area contributed by atoms with Crippen LogP contribution in [0.3, 0.4) is 0 Å². The second-order valence-electron chi connectivity index (χ2n) is 9.83. The van der Waals surface area contributed by atoms with Crippen molar-refractivity contribution < 1.29 is 13.9 Å². The number of fused-ring (bicyclic) bond motifs is 1. The molecule has 0 spiro atoms. The molecule has 5 heteroatoms. The Kier molecular flexibility index (Phi) is 5.93. The first-order valence-corrected chi connectivity index (χ1v) is 12.1. The molecule has 0 bridgehead atoms. The van der Waals surface area contributed by atoms with Crippen LogP contribution in [0.4, 0.5) is 4.39 Å². The highest BCUT2D eigenvalue weighted by Gasteiger charge is 2.47. The van der Waals surface area contributed by atoms with Crippen LogP contribution in [0.25, 0.3) is 0 Å². The van der Waals surface area contributed by atoms with Crippen molar-refractivity contribution in [2.45, 2.75) is 57.0 Å². The number of halogens is 1. The van der Waals surface area contributed by atoms with Crippen molar-refractivity contribution in [1.29, 1.82) is 0 Å². The van der Waals surface area contributed by atoms with E-state index in [1.807, 2.05) is 24.3 Å². The van der Waals surface area contributed by atoms with Gasteiger partial charge >= 0.3 is 0 Å². The van der Waals surface area contributed by atoms with Crippen LogP contribution >= 0.6 is 0 Å². The predicted octanol–water partition coefficient (Wildman–Crippen LogP) is 4.87. The molecule has 3 unspecified atom stereocenters. The van der Waals surface area contributed by atoms with Crippen LogP contribution in [0, 0.1) is 17.7 Å². The third-order valence-corrected chi connectivity index (χ3v) is 7.60. The minimum Gasteiger partial charge on any atom is -0.493 e. The Morgan fingerprint density at radius 1 is 1.03 bits per heavy atom. The van der Waals surface area contributed by atoms with Gasteiger partial charge in [0.25, 0.3) is 0 Å². The molecule has 0 aromatic heterocycles. The Morgan fingerprint density at radius 2 is 1.72 bits per heavy atom. The lowest BCUT2D eigenvalue weighted by molar-refractivity contribution is -0.121. The van der Waals surface area contributed by atoms with E-state index in [1.54, 1.807) is 6.92 Å². The van der Waals surface area contributed by atoms with Gasteiger partial charge in [-0.1, -0.05) is 24.3 Å². The van der Waals surface area contributed by atoms with Gasteiger partial charge in [0, 0.05) is 13.0 Å². The number of piperidine rings is 1. The molecule has 1 amide bonds. The van der Waals surface area contributed by atoms with Crippen LogP contribution in [-0.2, 0) is 10.3 Å². The Labute approximate surface area is 190 Å². The average molecular weight is 437 g/mol. The van der Waals surface area contributed by atoms with E-state index in [0.29, 0.717) is 12.0 Å². The molecule has 0 radical (unpaired) electrons. The monoisotopic (exact) mass is 436 g/mol. The summed E-state index contributed by atoms with van der Waals surface area (Å²) in [7, 11) is 0. The zero-order valence-corrected chi connectivity index (χ0v) is 18.9. The van der Waals surface area contributed by atoms with Gasteiger partial charge in [-0.2, -0.15) is 0 Å². The fourth-order valence-corrected chi connectivity index (χ4v) is 5.81. The van der Waals surface area contributed by atoms with Crippen LogP contribution in [0.1, 0.15) is 56.6 Å². The van der Waals surface area contributed by atoms with Crippen LogP contribution in [0.15, 0.2) is 48.5 Å². The molecule has 3 fully saturated rings. The summed E-state index contributed by atoms with van der Waals surface area (Å²) in [5.41, 5.74) is 1.29. The molecule has 1 N–H and O–H groups in total. The van der Waals surface area contributed by atoms with E-state index in [0.717, 1.165) is 42.9 Å². The van der Waals surface area contributed by atoms with Crippen molar-refractivity contribution in [1.82, 2.24) is 10.2 Å². The molecular weight excluding hydrogens is 403 g/mol. The number of carbonyl (C=O) groups excluding carboxylic acids is 1. The topological polar surface area (TPSA) is 41.6 Å². The Bertz CT molecular complexity index is 941. The molecule has 4 nitrogen and oxygen atoms in total. The minimum absolute atomic E-state index is 0.0720. The molecule has 3 atom stereocenters. The number of rotatable bonds is 7. The third kappa shape index (κ3) is 4.27. The highest BCUT2D eigenvalue weighted by molar-refractivity contribution is 5.75. The van der Waals surface area contributed by atoms with E-state index in [-0.39, 0.29) is 17.6 Å². The van der Waals surface area contributed by atoms with Crippen molar-refractivity contribution in [2.24, 2.45) is 11.8 Å².